The van der Waals surface area contributed by atoms with Crippen molar-refractivity contribution in [3.05, 3.63) is 35.4 Å². The Morgan fingerprint density at radius 1 is 1.11 bits per heavy atom. The van der Waals surface area contributed by atoms with Crippen LogP contribution >= 0.6 is 0 Å². The molecule has 100 valence electrons. The van der Waals surface area contributed by atoms with Gasteiger partial charge >= 0.3 is 0 Å². The van der Waals surface area contributed by atoms with E-state index in [9.17, 15) is 0 Å². The molecule has 2 rings (SSSR count). The Balaban J connectivity index is 1.84. The van der Waals surface area contributed by atoms with Crippen LogP contribution in [0.5, 0.6) is 0 Å². The third-order valence-corrected chi connectivity index (χ3v) is 4.35. The molecule has 1 unspecified atom stereocenters. The first-order valence-electron chi connectivity index (χ1n) is 7.56. The fourth-order valence-corrected chi connectivity index (χ4v) is 3.23. The lowest BCUT2D eigenvalue weighted by molar-refractivity contribution is 0.387. The van der Waals surface area contributed by atoms with Crippen LogP contribution in [0.1, 0.15) is 56.1 Å². The second-order valence-corrected chi connectivity index (χ2v) is 5.98. The highest BCUT2D eigenvalue weighted by atomic mass is 14.6. The van der Waals surface area contributed by atoms with Gasteiger partial charge in [0, 0.05) is 6.04 Å². The van der Waals surface area contributed by atoms with Crippen molar-refractivity contribution in [2.24, 2.45) is 11.7 Å². The Kier molecular flexibility index (Phi) is 5.25. The molecule has 0 heterocycles. The minimum absolute atomic E-state index is 0.342. The summed E-state index contributed by atoms with van der Waals surface area (Å²) in [5.74, 6) is 0.881. The molecule has 1 fully saturated rings. The maximum Gasteiger partial charge on any atom is 0.00820 e. The molecule has 1 saturated carbocycles. The highest BCUT2D eigenvalue weighted by Crippen LogP contribution is 2.26. The zero-order valence-corrected chi connectivity index (χ0v) is 11.7. The van der Waals surface area contributed by atoms with Gasteiger partial charge in [0.05, 0.1) is 0 Å². The van der Waals surface area contributed by atoms with Crippen LogP contribution in [-0.2, 0) is 6.42 Å². The number of hydrogen-bond donors (Lipinski definition) is 1. The van der Waals surface area contributed by atoms with E-state index >= 15 is 0 Å². The van der Waals surface area contributed by atoms with Crippen LogP contribution in [0.15, 0.2) is 24.3 Å². The molecule has 1 aliphatic rings. The molecule has 1 aromatic carbocycles. The second-order valence-electron chi connectivity index (χ2n) is 5.98. The lowest BCUT2D eigenvalue weighted by Gasteiger charge is -2.20. The Morgan fingerprint density at radius 2 is 1.78 bits per heavy atom. The summed E-state index contributed by atoms with van der Waals surface area (Å²) in [5, 5.41) is 0. The Labute approximate surface area is 112 Å². The van der Waals surface area contributed by atoms with Crippen molar-refractivity contribution in [2.75, 3.05) is 0 Å². The first-order chi connectivity index (χ1) is 8.75. The predicted molar refractivity (Wildman–Crippen MR) is 78.7 cm³/mol. The van der Waals surface area contributed by atoms with Gasteiger partial charge in [-0.3, -0.25) is 0 Å². The van der Waals surface area contributed by atoms with Gasteiger partial charge in [-0.2, -0.15) is 0 Å². The van der Waals surface area contributed by atoms with Crippen molar-refractivity contribution in [3.63, 3.8) is 0 Å². The predicted octanol–water partition coefficient (Wildman–Crippen LogP) is 4.23. The van der Waals surface area contributed by atoms with E-state index in [1.165, 1.54) is 56.1 Å². The van der Waals surface area contributed by atoms with E-state index in [2.05, 4.69) is 31.2 Å². The highest BCUT2D eigenvalue weighted by molar-refractivity contribution is 5.26. The lowest BCUT2D eigenvalue weighted by atomic mass is 9.89. The van der Waals surface area contributed by atoms with Gasteiger partial charge in [-0.25, -0.2) is 0 Å². The zero-order chi connectivity index (χ0) is 12.8. The maximum atomic E-state index is 6.36. The number of benzene rings is 1. The molecule has 1 heteroatoms. The first kappa shape index (κ1) is 13.6. The summed E-state index contributed by atoms with van der Waals surface area (Å²) >= 11 is 0. The smallest absolute Gasteiger partial charge is 0.00820 e. The van der Waals surface area contributed by atoms with Crippen molar-refractivity contribution >= 4 is 0 Å². The fourth-order valence-electron chi connectivity index (χ4n) is 3.23. The number of rotatable bonds is 4. The van der Waals surface area contributed by atoms with Gasteiger partial charge in [-0.1, -0.05) is 62.8 Å². The molecular formula is C17H27N. The third-order valence-electron chi connectivity index (χ3n) is 4.35. The molecule has 0 bridgehead atoms. The van der Waals surface area contributed by atoms with E-state index in [0.29, 0.717) is 6.04 Å². The van der Waals surface area contributed by atoms with Gasteiger partial charge in [-0.15, -0.1) is 0 Å². The summed E-state index contributed by atoms with van der Waals surface area (Å²) in [6.07, 6.45) is 10.8. The summed E-state index contributed by atoms with van der Waals surface area (Å²) in [6, 6.07) is 8.99. The van der Waals surface area contributed by atoms with E-state index in [-0.39, 0.29) is 0 Å². The van der Waals surface area contributed by atoms with Crippen molar-refractivity contribution < 1.29 is 0 Å². The normalized spacial score (nSPS) is 19.4. The van der Waals surface area contributed by atoms with Crippen molar-refractivity contribution in [3.8, 4) is 0 Å². The van der Waals surface area contributed by atoms with Crippen LogP contribution in [0, 0.1) is 12.8 Å². The highest BCUT2D eigenvalue weighted by Gasteiger charge is 2.16. The Hall–Kier alpha value is -0.820. The molecule has 0 aliphatic heterocycles. The lowest BCUT2D eigenvalue weighted by Crippen LogP contribution is -2.26. The summed E-state index contributed by atoms with van der Waals surface area (Å²) < 4.78 is 0. The van der Waals surface area contributed by atoms with Crippen LogP contribution in [-0.4, -0.2) is 6.04 Å². The molecule has 0 radical (unpaired) electrons. The average Bonchev–Trinajstić information content (AvgIpc) is 2.61. The van der Waals surface area contributed by atoms with Gasteiger partial charge in [0.25, 0.3) is 0 Å². The SMILES string of the molecule is Cc1ccccc1CC(N)CC1CCCCCC1. The number of aryl methyl sites for hydroxylation is 1. The third kappa shape index (κ3) is 4.13. The monoisotopic (exact) mass is 245 g/mol. The van der Waals surface area contributed by atoms with Crippen molar-refractivity contribution in [1.82, 2.24) is 0 Å². The standard InChI is InChI=1S/C17H27N/c1-14-8-6-7-11-16(14)13-17(18)12-15-9-4-2-3-5-10-15/h6-8,11,15,17H,2-5,9-10,12-13,18H2,1H3. The molecule has 0 amide bonds. The summed E-state index contributed by atoms with van der Waals surface area (Å²) in [5.41, 5.74) is 9.17. The molecule has 1 nitrogen and oxygen atoms in total. The maximum absolute atomic E-state index is 6.36. The van der Waals surface area contributed by atoms with Gasteiger partial charge in [0.1, 0.15) is 0 Å². The van der Waals surface area contributed by atoms with Crippen molar-refractivity contribution in [2.45, 2.75) is 64.3 Å². The van der Waals surface area contributed by atoms with Gasteiger partial charge in [0.2, 0.25) is 0 Å². The number of nitrogens with two attached hydrogens (primary N) is 1. The summed E-state index contributed by atoms with van der Waals surface area (Å²) in [4.78, 5) is 0. The minimum Gasteiger partial charge on any atom is -0.327 e. The summed E-state index contributed by atoms with van der Waals surface area (Å²) in [6.45, 7) is 2.19. The molecular weight excluding hydrogens is 218 g/mol. The molecule has 1 atom stereocenters. The van der Waals surface area contributed by atoms with E-state index in [4.69, 9.17) is 5.73 Å². The van der Waals surface area contributed by atoms with Crippen LogP contribution < -0.4 is 5.73 Å². The minimum atomic E-state index is 0.342. The molecule has 1 aliphatic carbocycles. The van der Waals surface area contributed by atoms with Gasteiger partial charge in [-0.05, 0) is 36.8 Å². The molecule has 0 aromatic heterocycles. The molecule has 0 saturated heterocycles. The topological polar surface area (TPSA) is 26.0 Å². The Morgan fingerprint density at radius 3 is 2.44 bits per heavy atom. The van der Waals surface area contributed by atoms with Gasteiger partial charge < -0.3 is 5.73 Å². The average molecular weight is 245 g/mol. The van der Waals surface area contributed by atoms with Crippen LogP contribution in [0.25, 0.3) is 0 Å². The molecule has 2 N–H and O–H groups in total. The van der Waals surface area contributed by atoms with Crippen molar-refractivity contribution in [1.29, 1.82) is 0 Å². The summed E-state index contributed by atoms with van der Waals surface area (Å²) in [7, 11) is 0. The van der Waals surface area contributed by atoms with Crippen LogP contribution in [0.2, 0.25) is 0 Å². The van der Waals surface area contributed by atoms with E-state index in [1.54, 1.807) is 0 Å². The first-order valence-corrected chi connectivity index (χ1v) is 7.56. The molecule has 18 heavy (non-hydrogen) atoms. The van der Waals surface area contributed by atoms with Crippen LogP contribution in [0.4, 0.5) is 0 Å². The van der Waals surface area contributed by atoms with E-state index in [0.717, 1.165) is 12.3 Å². The quantitative estimate of drug-likeness (QED) is 0.789. The van der Waals surface area contributed by atoms with E-state index < -0.39 is 0 Å². The second kappa shape index (κ2) is 6.94. The Bertz CT molecular complexity index is 350. The van der Waals surface area contributed by atoms with Gasteiger partial charge in [0.15, 0.2) is 0 Å². The molecule has 1 aromatic rings. The largest absolute Gasteiger partial charge is 0.327 e. The zero-order valence-electron chi connectivity index (χ0n) is 11.7. The fraction of sp³-hybridized carbons (Fsp3) is 0.647. The number of hydrogen-bond acceptors (Lipinski definition) is 1. The van der Waals surface area contributed by atoms with Crippen LogP contribution in [0.3, 0.4) is 0 Å². The molecule has 0 spiro atoms. The van der Waals surface area contributed by atoms with E-state index in [1.807, 2.05) is 0 Å².